The van der Waals surface area contributed by atoms with Crippen molar-refractivity contribution in [1.82, 2.24) is 19.7 Å². The number of carbonyl (C=O) groups is 2. The van der Waals surface area contributed by atoms with E-state index in [0.717, 1.165) is 10.7 Å². The summed E-state index contributed by atoms with van der Waals surface area (Å²) in [5.74, 6) is -0.247. The van der Waals surface area contributed by atoms with Crippen LogP contribution in [0, 0.1) is 6.92 Å². The molecule has 1 aromatic carbocycles. The van der Waals surface area contributed by atoms with Crippen molar-refractivity contribution in [2.45, 2.75) is 17.0 Å². The number of ether oxygens (including phenoxy) is 1. The van der Waals surface area contributed by atoms with Gasteiger partial charge < -0.3 is 24.6 Å². The minimum atomic E-state index is -0.610. The zero-order valence-corrected chi connectivity index (χ0v) is 17.7. The van der Waals surface area contributed by atoms with E-state index in [1.165, 1.54) is 23.8 Å². The van der Waals surface area contributed by atoms with E-state index in [4.69, 9.17) is 16.3 Å². The van der Waals surface area contributed by atoms with Crippen molar-refractivity contribution in [3.8, 4) is 0 Å². The van der Waals surface area contributed by atoms with Crippen molar-refractivity contribution in [2.24, 2.45) is 7.05 Å². The van der Waals surface area contributed by atoms with E-state index >= 15 is 0 Å². The summed E-state index contributed by atoms with van der Waals surface area (Å²) in [6.07, 6.45) is 0. The summed E-state index contributed by atoms with van der Waals surface area (Å²) in [6, 6.07) is 5.18. The fourth-order valence-electron chi connectivity index (χ4n) is 2.75. The van der Waals surface area contributed by atoms with Crippen molar-refractivity contribution in [3.05, 3.63) is 40.3 Å². The van der Waals surface area contributed by atoms with Gasteiger partial charge in [0.15, 0.2) is 5.16 Å². The van der Waals surface area contributed by atoms with Gasteiger partial charge >= 0.3 is 5.97 Å². The number of anilines is 1. The second kappa shape index (κ2) is 8.85. The molecule has 0 radical (unpaired) electrons. The number of halogens is 1. The van der Waals surface area contributed by atoms with Gasteiger partial charge in [0.25, 0.3) is 5.91 Å². The molecule has 1 aliphatic rings. The van der Waals surface area contributed by atoms with Crippen molar-refractivity contribution in [2.75, 3.05) is 32.1 Å². The highest BCUT2D eigenvalue weighted by Crippen LogP contribution is 2.36. The molecular formula is C18H20ClN5O4S. The Morgan fingerprint density at radius 3 is 2.79 bits per heavy atom. The van der Waals surface area contributed by atoms with Crippen LogP contribution in [0.15, 0.2) is 39.5 Å². The van der Waals surface area contributed by atoms with E-state index in [1.807, 2.05) is 18.5 Å². The normalized spacial score (nSPS) is 14.0. The summed E-state index contributed by atoms with van der Waals surface area (Å²) < 4.78 is 6.65. The van der Waals surface area contributed by atoms with Crippen LogP contribution in [-0.4, -0.2) is 63.5 Å². The van der Waals surface area contributed by atoms with Crippen molar-refractivity contribution in [1.29, 1.82) is 0 Å². The summed E-state index contributed by atoms with van der Waals surface area (Å²) in [6.45, 7) is 1.80. The summed E-state index contributed by atoms with van der Waals surface area (Å²) in [4.78, 5) is 27.1. The minimum absolute atomic E-state index is 0.0555. The van der Waals surface area contributed by atoms with Gasteiger partial charge in [0, 0.05) is 23.5 Å². The molecule has 0 aliphatic carbocycles. The molecule has 2 heterocycles. The first-order valence-corrected chi connectivity index (χ1v) is 9.87. The Labute approximate surface area is 176 Å². The van der Waals surface area contributed by atoms with Crippen molar-refractivity contribution < 1.29 is 19.4 Å². The molecule has 9 nitrogen and oxygen atoms in total. The molecular weight excluding hydrogens is 418 g/mol. The van der Waals surface area contributed by atoms with Crippen LogP contribution in [-0.2, 0) is 21.4 Å². The quantitative estimate of drug-likeness (QED) is 0.628. The number of nitrogens with zero attached hydrogens (tertiary/aromatic N) is 4. The number of rotatable bonds is 7. The third-order valence-corrected chi connectivity index (χ3v) is 5.76. The summed E-state index contributed by atoms with van der Waals surface area (Å²) >= 11 is 7.51. The number of aromatic nitrogens is 3. The maximum Gasteiger partial charge on any atom is 0.337 e. The summed E-state index contributed by atoms with van der Waals surface area (Å²) in [5.41, 5.74) is 0.832. The Bertz CT molecular complexity index is 991. The molecule has 29 heavy (non-hydrogen) atoms. The number of esters is 1. The largest absolute Gasteiger partial charge is 0.466 e. The van der Waals surface area contributed by atoms with Gasteiger partial charge in [-0.2, -0.15) is 0 Å². The Balaban J connectivity index is 1.97. The molecule has 2 N–H and O–H groups in total. The smallest absolute Gasteiger partial charge is 0.337 e. The monoisotopic (exact) mass is 437 g/mol. The number of β-amino-alcohol motifs (C(OH)–C–C–N with tert-alkyl or cyclic N) is 1. The van der Waals surface area contributed by atoms with Gasteiger partial charge in [-0.1, -0.05) is 11.6 Å². The van der Waals surface area contributed by atoms with Gasteiger partial charge in [0.2, 0.25) is 0 Å². The van der Waals surface area contributed by atoms with Gasteiger partial charge in [-0.3, -0.25) is 4.79 Å². The fraction of sp³-hybridized carbons (Fsp3) is 0.333. The highest BCUT2D eigenvalue weighted by atomic mass is 35.5. The van der Waals surface area contributed by atoms with Crippen LogP contribution < -0.4 is 5.32 Å². The number of methoxy groups -OCH3 is 1. The Morgan fingerprint density at radius 1 is 1.41 bits per heavy atom. The fourth-order valence-corrected chi connectivity index (χ4v) is 3.82. The van der Waals surface area contributed by atoms with E-state index in [-0.39, 0.29) is 31.0 Å². The first kappa shape index (κ1) is 21.2. The third-order valence-electron chi connectivity index (χ3n) is 4.41. The molecule has 1 aliphatic heterocycles. The molecule has 1 amide bonds. The maximum absolute atomic E-state index is 12.8. The van der Waals surface area contributed by atoms with Gasteiger partial charge in [-0.25, -0.2) is 4.79 Å². The lowest BCUT2D eigenvalue weighted by molar-refractivity contribution is -0.136. The number of aliphatic hydroxyl groups is 1. The predicted octanol–water partition coefficient (Wildman–Crippen LogP) is 1.60. The average Bonchev–Trinajstić information content (AvgIpc) is 3.18. The molecule has 3 rings (SSSR count). The van der Waals surface area contributed by atoms with E-state index in [1.54, 1.807) is 18.2 Å². The number of hydrogen-bond acceptors (Lipinski definition) is 8. The SMILES string of the molecule is COC(=O)C1=C(Nc2cc(Cl)ccc2Sc2nnc(C)n2C)C(=O)N(CCO)C1. The number of amides is 1. The second-order valence-electron chi connectivity index (χ2n) is 6.25. The van der Waals surface area contributed by atoms with Gasteiger partial charge in [-0.15, -0.1) is 10.2 Å². The van der Waals surface area contributed by atoms with E-state index in [0.29, 0.717) is 15.9 Å². The third kappa shape index (κ3) is 4.39. The molecule has 0 bridgehead atoms. The van der Waals surface area contributed by atoms with Crippen molar-refractivity contribution >= 4 is 40.9 Å². The Hall–Kier alpha value is -2.56. The highest BCUT2D eigenvalue weighted by Gasteiger charge is 2.34. The number of benzene rings is 1. The average molecular weight is 438 g/mol. The van der Waals surface area contributed by atoms with Crippen LogP contribution in [0.5, 0.6) is 0 Å². The zero-order chi connectivity index (χ0) is 21.1. The Morgan fingerprint density at radius 2 is 2.17 bits per heavy atom. The molecule has 0 saturated carbocycles. The lowest BCUT2D eigenvalue weighted by Gasteiger charge is -2.16. The van der Waals surface area contributed by atoms with Crippen LogP contribution in [0.2, 0.25) is 5.02 Å². The van der Waals surface area contributed by atoms with Gasteiger partial charge in [0.1, 0.15) is 11.5 Å². The van der Waals surface area contributed by atoms with Crippen LogP contribution in [0.1, 0.15) is 5.82 Å². The molecule has 1 aromatic heterocycles. The van der Waals surface area contributed by atoms with Gasteiger partial charge in [0.05, 0.1) is 31.5 Å². The first-order valence-electron chi connectivity index (χ1n) is 8.67. The maximum atomic E-state index is 12.8. The lowest BCUT2D eigenvalue weighted by Crippen LogP contribution is -2.31. The number of nitrogens with one attached hydrogen (secondary N) is 1. The molecule has 2 aromatic rings. The summed E-state index contributed by atoms with van der Waals surface area (Å²) in [7, 11) is 3.11. The summed E-state index contributed by atoms with van der Waals surface area (Å²) in [5, 5.41) is 21.5. The van der Waals surface area contributed by atoms with Crippen LogP contribution in [0.25, 0.3) is 0 Å². The van der Waals surface area contributed by atoms with Crippen LogP contribution in [0.4, 0.5) is 5.69 Å². The van der Waals surface area contributed by atoms with E-state index in [9.17, 15) is 14.7 Å². The second-order valence-corrected chi connectivity index (χ2v) is 7.70. The first-order chi connectivity index (χ1) is 13.8. The lowest BCUT2D eigenvalue weighted by atomic mass is 10.2. The zero-order valence-electron chi connectivity index (χ0n) is 16.1. The number of aliphatic hydroxyl groups excluding tert-OH is 1. The molecule has 154 valence electrons. The molecule has 0 saturated heterocycles. The van der Waals surface area contributed by atoms with Crippen LogP contribution in [0.3, 0.4) is 0 Å². The standard InChI is InChI=1S/C18H20ClN5O4S/c1-10-21-22-18(23(10)2)29-14-5-4-11(19)8-13(14)20-15-12(17(27)28-3)9-24(6-7-25)16(15)26/h4-5,8,20,25H,6-7,9H2,1-3H3. The predicted molar refractivity (Wildman–Crippen MR) is 108 cm³/mol. The van der Waals surface area contributed by atoms with E-state index < -0.39 is 11.9 Å². The van der Waals surface area contributed by atoms with E-state index in [2.05, 4.69) is 15.5 Å². The number of aryl methyl sites for hydroxylation is 1. The molecule has 0 atom stereocenters. The van der Waals surface area contributed by atoms with Gasteiger partial charge in [-0.05, 0) is 36.9 Å². The number of hydrogen-bond donors (Lipinski definition) is 2. The Kier molecular flexibility index (Phi) is 6.46. The highest BCUT2D eigenvalue weighted by molar-refractivity contribution is 7.99. The molecule has 0 unspecified atom stereocenters. The van der Waals surface area contributed by atoms with Crippen molar-refractivity contribution in [3.63, 3.8) is 0 Å². The molecule has 0 spiro atoms. The number of carbonyl (C=O) groups excluding carboxylic acids is 2. The van der Waals surface area contributed by atoms with Crippen LogP contribution >= 0.6 is 23.4 Å². The molecule has 11 heteroatoms. The minimum Gasteiger partial charge on any atom is -0.466 e. The topological polar surface area (TPSA) is 110 Å². The molecule has 0 fully saturated rings.